The molecule has 2 aromatic rings. The molecule has 0 fully saturated rings. The maximum atomic E-state index is 12.6. The predicted octanol–water partition coefficient (Wildman–Crippen LogP) is 4.60. The smallest absolute Gasteiger partial charge is 0.339 e. The molecule has 0 unspecified atom stereocenters. The van der Waals surface area contributed by atoms with Crippen molar-refractivity contribution in [2.24, 2.45) is 0 Å². The molecule has 0 bridgehead atoms. The molecule has 0 aromatic carbocycles. The molecule has 2 aromatic heterocycles. The number of aromatic carboxylic acids is 1. The molecule has 8 nitrogen and oxygen atoms in total. The molecule has 32 heavy (non-hydrogen) atoms. The van der Waals surface area contributed by atoms with E-state index in [2.05, 4.69) is 27.9 Å². The fourth-order valence-corrected chi connectivity index (χ4v) is 4.39. The molecule has 0 saturated carbocycles. The van der Waals surface area contributed by atoms with Crippen LogP contribution in [0.2, 0.25) is 0 Å². The summed E-state index contributed by atoms with van der Waals surface area (Å²) in [5.41, 5.74) is 1.28. The molecule has 3 amide bonds. The second-order valence-corrected chi connectivity index (χ2v) is 8.60. The van der Waals surface area contributed by atoms with E-state index in [0.717, 1.165) is 36.2 Å². The number of rotatable bonds is 13. The summed E-state index contributed by atoms with van der Waals surface area (Å²) in [5.74, 6) is -1.54. The number of urea groups is 1. The van der Waals surface area contributed by atoms with Crippen LogP contribution in [0.5, 0.6) is 0 Å². The van der Waals surface area contributed by atoms with Crippen molar-refractivity contribution in [3.8, 4) is 0 Å². The highest BCUT2D eigenvalue weighted by molar-refractivity contribution is 7.18. The van der Waals surface area contributed by atoms with E-state index in [1.807, 2.05) is 12.1 Å². The Morgan fingerprint density at radius 1 is 1.06 bits per heavy atom. The van der Waals surface area contributed by atoms with Gasteiger partial charge in [0.05, 0.1) is 10.4 Å². The SMILES string of the molecule is CCCCCCCCNC(=O)Nc1sc(C(=O)NCCc2cccnc2)c(C)c1C(=O)O. The van der Waals surface area contributed by atoms with Gasteiger partial charge in [0.25, 0.3) is 5.91 Å². The number of amides is 3. The van der Waals surface area contributed by atoms with Gasteiger partial charge in [-0.2, -0.15) is 0 Å². The Bertz CT molecular complexity index is 899. The highest BCUT2D eigenvalue weighted by atomic mass is 32.1. The van der Waals surface area contributed by atoms with Crippen molar-refractivity contribution < 1.29 is 19.5 Å². The van der Waals surface area contributed by atoms with Gasteiger partial charge < -0.3 is 15.7 Å². The molecular weight excluding hydrogens is 428 g/mol. The van der Waals surface area contributed by atoms with Crippen LogP contribution < -0.4 is 16.0 Å². The second-order valence-electron chi connectivity index (χ2n) is 7.58. The number of carboxylic acid groups (broad SMARTS) is 1. The van der Waals surface area contributed by atoms with Gasteiger partial charge in [0, 0.05) is 25.5 Å². The van der Waals surface area contributed by atoms with Gasteiger partial charge in [0.2, 0.25) is 0 Å². The molecule has 0 aliphatic carbocycles. The van der Waals surface area contributed by atoms with Crippen molar-refractivity contribution in [1.29, 1.82) is 0 Å². The minimum absolute atomic E-state index is 0.0536. The molecule has 2 rings (SSSR count). The number of aromatic nitrogens is 1. The molecule has 2 heterocycles. The van der Waals surface area contributed by atoms with Gasteiger partial charge in [-0.05, 0) is 37.0 Å². The van der Waals surface area contributed by atoms with Crippen LogP contribution in [0, 0.1) is 6.92 Å². The van der Waals surface area contributed by atoms with Crippen LogP contribution in [-0.4, -0.2) is 41.1 Å². The maximum absolute atomic E-state index is 12.6. The first-order valence-corrected chi connectivity index (χ1v) is 11.8. The highest BCUT2D eigenvalue weighted by Crippen LogP contribution is 2.33. The number of carbonyl (C=O) groups is 3. The van der Waals surface area contributed by atoms with E-state index in [4.69, 9.17) is 0 Å². The van der Waals surface area contributed by atoms with Crippen LogP contribution in [0.3, 0.4) is 0 Å². The van der Waals surface area contributed by atoms with Crippen LogP contribution in [-0.2, 0) is 6.42 Å². The monoisotopic (exact) mass is 460 g/mol. The van der Waals surface area contributed by atoms with E-state index < -0.39 is 12.0 Å². The van der Waals surface area contributed by atoms with Crippen molar-refractivity contribution in [2.75, 3.05) is 18.4 Å². The van der Waals surface area contributed by atoms with Gasteiger partial charge >= 0.3 is 12.0 Å². The van der Waals surface area contributed by atoms with Gasteiger partial charge in [-0.15, -0.1) is 11.3 Å². The summed E-state index contributed by atoms with van der Waals surface area (Å²) in [5, 5.41) is 17.9. The Morgan fingerprint density at radius 3 is 2.50 bits per heavy atom. The number of unbranched alkanes of at least 4 members (excludes halogenated alkanes) is 5. The van der Waals surface area contributed by atoms with Crippen molar-refractivity contribution in [2.45, 2.75) is 58.8 Å². The van der Waals surface area contributed by atoms with E-state index in [1.54, 1.807) is 19.3 Å². The number of hydrogen-bond donors (Lipinski definition) is 4. The topological polar surface area (TPSA) is 120 Å². The normalized spacial score (nSPS) is 10.6. The van der Waals surface area contributed by atoms with Crippen molar-refractivity contribution in [3.05, 3.63) is 46.1 Å². The van der Waals surface area contributed by atoms with Crippen LogP contribution in [0.4, 0.5) is 9.80 Å². The minimum Gasteiger partial charge on any atom is -0.478 e. The van der Waals surface area contributed by atoms with Gasteiger partial charge in [0.1, 0.15) is 5.00 Å². The van der Waals surface area contributed by atoms with Crippen molar-refractivity contribution >= 4 is 34.2 Å². The fourth-order valence-electron chi connectivity index (χ4n) is 3.28. The number of pyridine rings is 1. The number of hydrogen-bond acceptors (Lipinski definition) is 5. The first-order valence-electron chi connectivity index (χ1n) is 11.0. The third-order valence-electron chi connectivity index (χ3n) is 5.03. The summed E-state index contributed by atoms with van der Waals surface area (Å²) >= 11 is 0.973. The van der Waals surface area contributed by atoms with Gasteiger partial charge in [-0.3, -0.25) is 15.1 Å². The Kier molecular flexibility index (Phi) is 10.7. The van der Waals surface area contributed by atoms with Gasteiger partial charge in [-0.1, -0.05) is 45.1 Å². The molecule has 0 aliphatic rings. The van der Waals surface area contributed by atoms with Gasteiger partial charge in [-0.25, -0.2) is 9.59 Å². The summed E-state index contributed by atoms with van der Waals surface area (Å²) in [6.45, 7) is 4.66. The summed E-state index contributed by atoms with van der Waals surface area (Å²) in [7, 11) is 0. The molecule has 0 atom stereocenters. The highest BCUT2D eigenvalue weighted by Gasteiger charge is 2.25. The standard InChI is InChI=1S/C23H32N4O4S/c1-3-4-5-6-7-8-13-26-23(31)27-21-18(22(29)30)16(2)19(32-21)20(28)25-14-11-17-10-9-12-24-15-17/h9-10,12,15H,3-8,11,13-14H2,1-2H3,(H,25,28)(H,29,30)(H2,26,27,31). The van der Waals surface area contributed by atoms with E-state index in [1.165, 1.54) is 19.3 Å². The van der Waals surface area contributed by atoms with Crippen LogP contribution in [0.1, 0.15) is 76.6 Å². The summed E-state index contributed by atoms with van der Waals surface area (Å²) in [6.07, 6.45) is 10.7. The Hall–Kier alpha value is -2.94. The van der Waals surface area contributed by atoms with E-state index in [-0.39, 0.29) is 21.3 Å². The number of nitrogens with one attached hydrogen (secondary N) is 3. The Labute approximate surface area is 192 Å². The number of carbonyl (C=O) groups excluding carboxylic acids is 2. The summed E-state index contributed by atoms with van der Waals surface area (Å²) in [4.78, 5) is 40.9. The lowest BCUT2D eigenvalue weighted by molar-refractivity contribution is 0.0697. The Morgan fingerprint density at radius 2 is 1.81 bits per heavy atom. The minimum atomic E-state index is -1.18. The lowest BCUT2D eigenvalue weighted by Gasteiger charge is -2.07. The lowest BCUT2D eigenvalue weighted by Crippen LogP contribution is -2.29. The average molecular weight is 461 g/mol. The quantitative estimate of drug-likeness (QED) is 0.326. The summed E-state index contributed by atoms with van der Waals surface area (Å²) < 4.78 is 0. The summed E-state index contributed by atoms with van der Waals surface area (Å²) in [6, 6.07) is 3.28. The molecule has 9 heteroatoms. The van der Waals surface area contributed by atoms with Gasteiger partial charge in [0.15, 0.2) is 0 Å². The Balaban J connectivity index is 1.90. The van der Waals surface area contributed by atoms with Crippen LogP contribution in [0.25, 0.3) is 0 Å². The first-order chi connectivity index (χ1) is 15.4. The van der Waals surface area contributed by atoms with Crippen molar-refractivity contribution in [1.82, 2.24) is 15.6 Å². The van der Waals surface area contributed by atoms with Crippen molar-refractivity contribution in [3.63, 3.8) is 0 Å². The van der Waals surface area contributed by atoms with Crippen LogP contribution >= 0.6 is 11.3 Å². The first kappa shape index (κ1) is 25.3. The zero-order valence-corrected chi connectivity index (χ0v) is 19.5. The largest absolute Gasteiger partial charge is 0.478 e. The second kappa shape index (κ2) is 13.5. The van der Waals surface area contributed by atoms with E-state index in [9.17, 15) is 19.5 Å². The molecule has 0 radical (unpaired) electrons. The maximum Gasteiger partial charge on any atom is 0.339 e. The number of nitrogens with zero attached hydrogens (tertiary/aromatic N) is 1. The number of anilines is 1. The number of thiophene rings is 1. The molecule has 0 aliphatic heterocycles. The molecule has 4 N–H and O–H groups in total. The molecule has 0 spiro atoms. The number of carboxylic acids is 1. The lowest BCUT2D eigenvalue weighted by atomic mass is 10.1. The molecular formula is C23H32N4O4S. The predicted molar refractivity (Wildman–Crippen MR) is 127 cm³/mol. The van der Waals surface area contributed by atoms with E-state index in [0.29, 0.717) is 25.1 Å². The van der Waals surface area contributed by atoms with Crippen LogP contribution in [0.15, 0.2) is 24.5 Å². The van der Waals surface area contributed by atoms with E-state index >= 15 is 0 Å². The molecule has 0 saturated heterocycles. The zero-order valence-electron chi connectivity index (χ0n) is 18.7. The third kappa shape index (κ3) is 7.96. The average Bonchev–Trinajstić information content (AvgIpc) is 3.09. The zero-order chi connectivity index (χ0) is 23.3. The molecule has 174 valence electrons. The third-order valence-corrected chi connectivity index (χ3v) is 6.24. The fraction of sp³-hybridized carbons (Fsp3) is 0.478.